The standard InChI is InChI=1S/C19H20F2N4O2/c1-12-17-14(18(20)21)10-16(27)25(19(17)23-24(12)2)9-8-15(26)22-11-13-6-4-3-5-7-13/h3-7,10,18H,8-9,11H2,1-2H3,(H,22,26). The molecule has 1 amide bonds. The van der Waals surface area contributed by atoms with Crippen LogP contribution >= 0.6 is 0 Å². The van der Waals surface area contributed by atoms with Gasteiger partial charge in [0.25, 0.3) is 12.0 Å². The van der Waals surface area contributed by atoms with E-state index in [1.807, 2.05) is 30.3 Å². The van der Waals surface area contributed by atoms with Crippen LogP contribution in [-0.2, 0) is 24.9 Å². The molecule has 2 heterocycles. The highest BCUT2D eigenvalue weighted by atomic mass is 19.3. The molecule has 0 unspecified atom stereocenters. The van der Waals surface area contributed by atoms with E-state index in [1.165, 1.54) is 9.25 Å². The Balaban J connectivity index is 1.80. The number of pyridine rings is 1. The van der Waals surface area contributed by atoms with Crippen molar-refractivity contribution in [2.75, 3.05) is 0 Å². The van der Waals surface area contributed by atoms with Gasteiger partial charge in [0.15, 0.2) is 5.65 Å². The minimum absolute atomic E-state index is 0.0471. The first-order valence-corrected chi connectivity index (χ1v) is 8.54. The fraction of sp³-hybridized carbons (Fsp3) is 0.316. The van der Waals surface area contributed by atoms with Crippen molar-refractivity contribution in [3.8, 4) is 0 Å². The molecule has 0 saturated carbocycles. The van der Waals surface area contributed by atoms with E-state index in [0.717, 1.165) is 11.6 Å². The van der Waals surface area contributed by atoms with Crippen molar-refractivity contribution in [1.29, 1.82) is 0 Å². The van der Waals surface area contributed by atoms with Crippen molar-refractivity contribution in [3.05, 3.63) is 63.6 Å². The summed E-state index contributed by atoms with van der Waals surface area (Å²) in [4.78, 5) is 24.4. The Labute approximate surface area is 154 Å². The van der Waals surface area contributed by atoms with Crippen LogP contribution in [0.3, 0.4) is 0 Å². The Morgan fingerprint density at radius 3 is 2.63 bits per heavy atom. The summed E-state index contributed by atoms with van der Waals surface area (Å²) in [5, 5.41) is 7.25. The van der Waals surface area contributed by atoms with Crippen molar-refractivity contribution in [2.24, 2.45) is 7.05 Å². The zero-order chi connectivity index (χ0) is 19.6. The molecule has 0 aliphatic heterocycles. The molecule has 27 heavy (non-hydrogen) atoms. The molecule has 8 heteroatoms. The van der Waals surface area contributed by atoms with Crippen LogP contribution in [0.5, 0.6) is 0 Å². The average molecular weight is 374 g/mol. The van der Waals surface area contributed by atoms with Crippen LogP contribution in [0.15, 0.2) is 41.2 Å². The quantitative estimate of drug-likeness (QED) is 0.721. The van der Waals surface area contributed by atoms with Crippen LogP contribution < -0.4 is 10.9 Å². The number of fused-ring (bicyclic) bond motifs is 1. The van der Waals surface area contributed by atoms with Crippen molar-refractivity contribution >= 4 is 16.9 Å². The lowest BCUT2D eigenvalue weighted by Crippen LogP contribution is -2.27. The third-order valence-electron chi connectivity index (χ3n) is 4.53. The minimum Gasteiger partial charge on any atom is -0.352 e. The number of carbonyl (C=O) groups is 1. The number of aromatic nitrogens is 3. The van der Waals surface area contributed by atoms with Gasteiger partial charge in [0, 0.05) is 49.3 Å². The number of alkyl halides is 2. The molecule has 0 fully saturated rings. The predicted molar refractivity (Wildman–Crippen MR) is 97.6 cm³/mol. The summed E-state index contributed by atoms with van der Waals surface area (Å²) in [5.74, 6) is -0.232. The van der Waals surface area contributed by atoms with Gasteiger partial charge >= 0.3 is 0 Å². The molecule has 0 aliphatic carbocycles. The van der Waals surface area contributed by atoms with Gasteiger partial charge in [-0.2, -0.15) is 5.10 Å². The molecule has 0 saturated heterocycles. The normalized spacial score (nSPS) is 11.3. The summed E-state index contributed by atoms with van der Waals surface area (Å²) in [5.41, 5.74) is 0.764. The summed E-state index contributed by atoms with van der Waals surface area (Å²) < 4.78 is 29.4. The zero-order valence-electron chi connectivity index (χ0n) is 15.1. The summed E-state index contributed by atoms with van der Waals surface area (Å²) in [7, 11) is 1.63. The fourth-order valence-corrected chi connectivity index (χ4v) is 2.99. The van der Waals surface area contributed by atoms with Crippen LogP contribution in [0.2, 0.25) is 0 Å². The Morgan fingerprint density at radius 2 is 1.96 bits per heavy atom. The van der Waals surface area contributed by atoms with Gasteiger partial charge in [0.05, 0.1) is 0 Å². The number of benzene rings is 1. The van der Waals surface area contributed by atoms with Gasteiger partial charge in [-0.1, -0.05) is 30.3 Å². The third kappa shape index (κ3) is 3.89. The van der Waals surface area contributed by atoms with Crippen molar-refractivity contribution < 1.29 is 13.6 Å². The molecule has 3 rings (SSSR count). The second kappa shape index (κ2) is 7.69. The highest BCUT2D eigenvalue weighted by Crippen LogP contribution is 2.28. The van der Waals surface area contributed by atoms with E-state index in [-0.39, 0.29) is 35.5 Å². The van der Waals surface area contributed by atoms with Gasteiger partial charge in [0.2, 0.25) is 5.91 Å². The lowest BCUT2D eigenvalue weighted by molar-refractivity contribution is -0.121. The summed E-state index contributed by atoms with van der Waals surface area (Å²) >= 11 is 0. The molecule has 6 nitrogen and oxygen atoms in total. The highest BCUT2D eigenvalue weighted by Gasteiger charge is 2.21. The van der Waals surface area contributed by atoms with Crippen molar-refractivity contribution in [3.63, 3.8) is 0 Å². The molecule has 0 spiro atoms. The van der Waals surface area contributed by atoms with E-state index in [4.69, 9.17) is 0 Å². The topological polar surface area (TPSA) is 68.9 Å². The number of halogens is 2. The number of nitrogens with zero attached hydrogens (tertiary/aromatic N) is 3. The fourth-order valence-electron chi connectivity index (χ4n) is 2.99. The Morgan fingerprint density at radius 1 is 1.26 bits per heavy atom. The van der Waals surface area contributed by atoms with E-state index < -0.39 is 12.0 Å². The second-order valence-corrected chi connectivity index (χ2v) is 6.31. The van der Waals surface area contributed by atoms with Crippen LogP contribution in [0.25, 0.3) is 11.0 Å². The lowest BCUT2D eigenvalue weighted by atomic mass is 10.1. The van der Waals surface area contributed by atoms with Gasteiger partial charge in [0.1, 0.15) is 0 Å². The maximum atomic E-state index is 13.3. The van der Waals surface area contributed by atoms with E-state index >= 15 is 0 Å². The third-order valence-corrected chi connectivity index (χ3v) is 4.53. The maximum absolute atomic E-state index is 13.3. The summed E-state index contributed by atoms with van der Waals surface area (Å²) in [6, 6.07) is 10.4. The highest BCUT2D eigenvalue weighted by molar-refractivity contribution is 5.82. The largest absolute Gasteiger partial charge is 0.352 e. The van der Waals surface area contributed by atoms with Crippen molar-refractivity contribution in [2.45, 2.75) is 32.9 Å². The number of rotatable bonds is 6. The molecule has 2 aromatic heterocycles. The average Bonchev–Trinajstić information content (AvgIpc) is 2.94. The molecule has 3 aromatic rings. The first-order chi connectivity index (χ1) is 12.9. The first kappa shape index (κ1) is 18.8. The Hall–Kier alpha value is -3.03. The molecule has 0 radical (unpaired) electrons. The molecular formula is C19H20F2N4O2. The van der Waals surface area contributed by atoms with Gasteiger partial charge < -0.3 is 5.32 Å². The summed E-state index contributed by atoms with van der Waals surface area (Å²) in [6.45, 7) is 2.12. The van der Waals surface area contributed by atoms with Crippen LogP contribution in [0.4, 0.5) is 8.78 Å². The molecule has 1 aromatic carbocycles. The van der Waals surface area contributed by atoms with Crippen molar-refractivity contribution in [1.82, 2.24) is 19.7 Å². The smallest absolute Gasteiger partial charge is 0.264 e. The van der Waals surface area contributed by atoms with Crippen LogP contribution in [0.1, 0.15) is 29.7 Å². The number of carbonyl (C=O) groups excluding carboxylic acids is 1. The second-order valence-electron chi connectivity index (χ2n) is 6.31. The number of hydrogen-bond donors (Lipinski definition) is 1. The molecule has 0 bridgehead atoms. The van der Waals surface area contributed by atoms with Crippen LogP contribution in [0, 0.1) is 6.92 Å². The van der Waals surface area contributed by atoms with E-state index in [2.05, 4.69) is 10.4 Å². The van der Waals surface area contributed by atoms with E-state index in [1.54, 1.807) is 14.0 Å². The van der Waals surface area contributed by atoms with Gasteiger partial charge in [-0.05, 0) is 12.5 Å². The van der Waals surface area contributed by atoms with Gasteiger partial charge in [-0.3, -0.25) is 18.8 Å². The molecule has 0 atom stereocenters. The van der Waals surface area contributed by atoms with Gasteiger partial charge in [-0.15, -0.1) is 0 Å². The first-order valence-electron chi connectivity index (χ1n) is 8.54. The number of hydrogen-bond acceptors (Lipinski definition) is 3. The van der Waals surface area contributed by atoms with Gasteiger partial charge in [-0.25, -0.2) is 8.78 Å². The van der Waals surface area contributed by atoms with E-state index in [9.17, 15) is 18.4 Å². The van der Waals surface area contributed by atoms with Crippen LogP contribution in [-0.4, -0.2) is 20.3 Å². The zero-order valence-corrected chi connectivity index (χ0v) is 15.1. The molecule has 142 valence electrons. The maximum Gasteiger partial charge on any atom is 0.264 e. The number of aryl methyl sites for hydroxylation is 3. The minimum atomic E-state index is -2.77. The Kier molecular flexibility index (Phi) is 5.34. The molecule has 1 N–H and O–H groups in total. The lowest BCUT2D eigenvalue weighted by Gasteiger charge is -2.10. The molecular weight excluding hydrogens is 354 g/mol. The monoisotopic (exact) mass is 374 g/mol. The molecule has 0 aliphatic rings. The summed E-state index contributed by atoms with van der Waals surface area (Å²) in [6.07, 6.45) is -2.72. The number of amides is 1. The Bertz CT molecular complexity index is 1030. The predicted octanol–water partition coefficient (Wildman–Crippen LogP) is 2.69. The number of nitrogens with one attached hydrogen (secondary N) is 1. The van der Waals surface area contributed by atoms with E-state index in [0.29, 0.717) is 12.2 Å². The SMILES string of the molecule is Cc1c2c(C(F)F)cc(=O)n(CCC(=O)NCc3ccccc3)c2nn1C.